The largest absolute Gasteiger partial charge is 0.464 e. The molecule has 0 saturated carbocycles. The van der Waals surface area contributed by atoms with E-state index >= 15 is 0 Å². The van der Waals surface area contributed by atoms with E-state index in [-0.39, 0.29) is 12.0 Å². The van der Waals surface area contributed by atoms with Gasteiger partial charge in [-0.1, -0.05) is 102 Å². The molecular weight excluding hydrogens is 338 g/mol. The number of carbonyl (C=O) groups is 1. The lowest BCUT2D eigenvalue weighted by atomic mass is 10.1. The molecular formula is C19H35NO2S2. The lowest BCUT2D eigenvalue weighted by molar-refractivity contribution is -0.139. The second kappa shape index (κ2) is 15.0. The van der Waals surface area contributed by atoms with Crippen LogP contribution in [0.25, 0.3) is 0 Å². The highest BCUT2D eigenvalue weighted by Gasteiger charge is 2.26. The van der Waals surface area contributed by atoms with E-state index in [1.807, 2.05) is 0 Å². The average molecular weight is 374 g/mol. The highest BCUT2D eigenvalue weighted by molar-refractivity contribution is 8.22. The first-order valence-corrected chi connectivity index (χ1v) is 11.2. The number of unbranched alkanes of at least 4 members (excludes halogenated alkanes) is 11. The molecule has 0 aliphatic carbocycles. The van der Waals surface area contributed by atoms with E-state index in [9.17, 15) is 4.79 Å². The van der Waals surface area contributed by atoms with Crippen molar-refractivity contribution in [3.8, 4) is 0 Å². The standard InChI is InChI=1S/C19H35NO2S2/c1-2-3-4-5-6-7-8-9-10-11-12-13-16-24-19(23)20-17-14-15-22-18(17)21/h17H,2-16H2,1H3,(H,20,23)/t17-/m0/s1. The van der Waals surface area contributed by atoms with Crippen LogP contribution in [0, 0.1) is 0 Å². The summed E-state index contributed by atoms with van der Waals surface area (Å²) in [6, 6.07) is -0.216. The van der Waals surface area contributed by atoms with Crippen molar-refractivity contribution in [3.63, 3.8) is 0 Å². The summed E-state index contributed by atoms with van der Waals surface area (Å²) >= 11 is 6.93. The van der Waals surface area contributed by atoms with Gasteiger partial charge in [-0.25, -0.2) is 4.79 Å². The van der Waals surface area contributed by atoms with E-state index in [4.69, 9.17) is 17.0 Å². The molecule has 1 atom stereocenters. The lowest BCUT2D eigenvalue weighted by Crippen LogP contribution is -2.35. The number of cyclic esters (lactones) is 1. The van der Waals surface area contributed by atoms with Crippen molar-refractivity contribution in [1.82, 2.24) is 5.32 Å². The Bertz CT molecular complexity index is 350. The number of thiocarbonyl (C=S) groups is 1. The number of ether oxygens (including phenoxy) is 1. The molecule has 24 heavy (non-hydrogen) atoms. The number of rotatable bonds is 14. The van der Waals surface area contributed by atoms with E-state index in [2.05, 4.69) is 12.2 Å². The van der Waals surface area contributed by atoms with Crippen molar-refractivity contribution >= 4 is 34.3 Å². The molecule has 0 spiro atoms. The Balaban J connectivity index is 1.78. The maximum atomic E-state index is 11.3. The summed E-state index contributed by atoms with van der Waals surface area (Å²) < 4.78 is 5.66. The molecule has 0 amide bonds. The fourth-order valence-electron chi connectivity index (χ4n) is 2.92. The maximum Gasteiger partial charge on any atom is 0.328 e. The Morgan fingerprint density at radius 1 is 1.04 bits per heavy atom. The summed E-state index contributed by atoms with van der Waals surface area (Å²) in [5.74, 6) is 0.883. The first-order chi connectivity index (χ1) is 11.7. The van der Waals surface area contributed by atoms with Crippen LogP contribution in [0.15, 0.2) is 0 Å². The Labute approximate surface area is 158 Å². The lowest BCUT2D eigenvalue weighted by Gasteiger charge is -2.10. The van der Waals surface area contributed by atoms with Crippen LogP contribution in [0.2, 0.25) is 0 Å². The molecule has 1 saturated heterocycles. The van der Waals surface area contributed by atoms with Gasteiger partial charge < -0.3 is 10.1 Å². The van der Waals surface area contributed by atoms with Crippen molar-refractivity contribution in [3.05, 3.63) is 0 Å². The average Bonchev–Trinajstić information content (AvgIpc) is 2.97. The second-order valence-electron chi connectivity index (χ2n) is 6.68. The first-order valence-electron chi connectivity index (χ1n) is 9.84. The number of carbonyl (C=O) groups excluding carboxylic acids is 1. The smallest absolute Gasteiger partial charge is 0.328 e. The molecule has 1 N–H and O–H groups in total. The van der Waals surface area contributed by atoms with Crippen LogP contribution in [-0.2, 0) is 9.53 Å². The maximum absolute atomic E-state index is 11.3. The summed E-state index contributed by atoms with van der Waals surface area (Å²) in [4.78, 5) is 11.3. The highest BCUT2D eigenvalue weighted by atomic mass is 32.2. The molecule has 0 radical (unpaired) electrons. The molecule has 1 aliphatic heterocycles. The number of hydrogen-bond acceptors (Lipinski definition) is 4. The van der Waals surface area contributed by atoms with Crippen LogP contribution in [0.5, 0.6) is 0 Å². The third kappa shape index (κ3) is 11.3. The van der Waals surface area contributed by atoms with Crippen LogP contribution in [0.4, 0.5) is 0 Å². The third-order valence-corrected chi connectivity index (χ3v) is 5.80. The Morgan fingerprint density at radius 3 is 2.08 bits per heavy atom. The SMILES string of the molecule is CCCCCCCCCCCCCCSC(=S)N[C@H]1CCOC1=O. The predicted octanol–water partition coefficient (Wildman–Crippen LogP) is 5.61. The zero-order valence-corrected chi connectivity index (χ0v) is 16.9. The van der Waals surface area contributed by atoms with Gasteiger partial charge in [0.2, 0.25) is 0 Å². The molecule has 0 bridgehead atoms. The minimum absolute atomic E-state index is 0.164. The second-order valence-corrected chi connectivity index (χ2v) is 8.45. The number of nitrogens with one attached hydrogen (secondary N) is 1. The van der Waals surface area contributed by atoms with Gasteiger partial charge in [0.1, 0.15) is 10.4 Å². The van der Waals surface area contributed by atoms with Gasteiger partial charge in [-0.05, 0) is 6.42 Å². The fraction of sp³-hybridized carbons (Fsp3) is 0.895. The number of esters is 1. The molecule has 1 fully saturated rings. The van der Waals surface area contributed by atoms with Gasteiger partial charge in [-0.15, -0.1) is 0 Å². The molecule has 5 heteroatoms. The van der Waals surface area contributed by atoms with Crippen molar-refractivity contribution in [2.75, 3.05) is 12.4 Å². The minimum Gasteiger partial charge on any atom is -0.464 e. The van der Waals surface area contributed by atoms with Crippen LogP contribution < -0.4 is 5.32 Å². The van der Waals surface area contributed by atoms with Crippen molar-refractivity contribution in [2.24, 2.45) is 0 Å². The van der Waals surface area contributed by atoms with Gasteiger partial charge in [0.15, 0.2) is 0 Å². The Kier molecular flexibility index (Phi) is 13.6. The third-order valence-electron chi connectivity index (χ3n) is 4.46. The van der Waals surface area contributed by atoms with Crippen LogP contribution >= 0.6 is 24.0 Å². The van der Waals surface area contributed by atoms with E-state index in [0.29, 0.717) is 6.61 Å². The van der Waals surface area contributed by atoms with Gasteiger partial charge in [0.05, 0.1) is 6.61 Å². The van der Waals surface area contributed by atoms with Crippen LogP contribution in [0.1, 0.15) is 90.4 Å². The van der Waals surface area contributed by atoms with E-state index < -0.39 is 0 Å². The Morgan fingerprint density at radius 2 is 1.58 bits per heavy atom. The van der Waals surface area contributed by atoms with E-state index in [0.717, 1.165) is 16.5 Å². The Hall–Kier alpha value is -0.290. The van der Waals surface area contributed by atoms with Gasteiger partial charge >= 0.3 is 5.97 Å². The molecule has 0 aromatic rings. The minimum atomic E-state index is -0.216. The monoisotopic (exact) mass is 373 g/mol. The fourth-order valence-corrected chi connectivity index (χ4v) is 4.07. The molecule has 140 valence electrons. The summed E-state index contributed by atoms with van der Waals surface area (Å²) in [5.41, 5.74) is 0. The predicted molar refractivity (Wildman–Crippen MR) is 109 cm³/mol. The molecule has 1 heterocycles. The summed E-state index contributed by atoms with van der Waals surface area (Å²) in [7, 11) is 0. The normalized spacial score (nSPS) is 17.0. The summed E-state index contributed by atoms with van der Waals surface area (Å²) in [5, 5.41) is 3.09. The molecule has 0 unspecified atom stereocenters. The zero-order valence-electron chi connectivity index (χ0n) is 15.3. The molecule has 0 aromatic carbocycles. The van der Waals surface area contributed by atoms with Gasteiger partial charge in [-0.3, -0.25) is 0 Å². The van der Waals surface area contributed by atoms with E-state index in [1.165, 1.54) is 77.0 Å². The molecule has 1 aliphatic rings. The van der Waals surface area contributed by atoms with Crippen LogP contribution in [0.3, 0.4) is 0 Å². The van der Waals surface area contributed by atoms with Gasteiger partial charge in [-0.2, -0.15) is 0 Å². The van der Waals surface area contributed by atoms with Crippen molar-refractivity contribution in [2.45, 2.75) is 96.4 Å². The highest BCUT2D eigenvalue weighted by Crippen LogP contribution is 2.14. The number of hydrogen-bond donors (Lipinski definition) is 1. The number of thioether (sulfide) groups is 1. The molecule has 1 rings (SSSR count). The summed E-state index contributed by atoms with van der Waals surface area (Å²) in [6.07, 6.45) is 17.2. The molecule has 0 aromatic heterocycles. The van der Waals surface area contributed by atoms with Gasteiger partial charge in [0.25, 0.3) is 0 Å². The first kappa shape index (κ1) is 21.8. The van der Waals surface area contributed by atoms with E-state index in [1.54, 1.807) is 11.8 Å². The quantitative estimate of drug-likeness (QED) is 0.243. The van der Waals surface area contributed by atoms with Crippen molar-refractivity contribution < 1.29 is 9.53 Å². The zero-order chi connectivity index (χ0) is 17.5. The van der Waals surface area contributed by atoms with Crippen LogP contribution in [-0.4, -0.2) is 28.7 Å². The van der Waals surface area contributed by atoms with Crippen molar-refractivity contribution in [1.29, 1.82) is 0 Å². The van der Waals surface area contributed by atoms with Gasteiger partial charge in [0, 0.05) is 12.2 Å². The molecule has 3 nitrogen and oxygen atoms in total. The topological polar surface area (TPSA) is 38.3 Å². The summed E-state index contributed by atoms with van der Waals surface area (Å²) in [6.45, 7) is 2.79.